The summed E-state index contributed by atoms with van der Waals surface area (Å²) < 4.78 is 5.44. The van der Waals surface area contributed by atoms with Gasteiger partial charge in [0.1, 0.15) is 11.8 Å². The summed E-state index contributed by atoms with van der Waals surface area (Å²) in [6.07, 6.45) is 0.806. The fourth-order valence-corrected chi connectivity index (χ4v) is 3.37. The van der Waals surface area contributed by atoms with Crippen LogP contribution in [-0.4, -0.2) is 25.4 Å². The molecular formula is C18H17N3O2. The molecule has 0 unspecified atom stereocenters. The number of amidine groups is 1. The Morgan fingerprint density at radius 1 is 1.26 bits per heavy atom. The van der Waals surface area contributed by atoms with Gasteiger partial charge in [-0.25, -0.2) is 0 Å². The monoisotopic (exact) mass is 307 g/mol. The molecule has 2 heterocycles. The highest BCUT2D eigenvalue weighted by Crippen LogP contribution is 2.43. The molecule has 0 bridgehead atoms. The van der Waals surface area contributed by atoms with E-state index >= 15 is 0 Å². The van der Waals surface area contributed by atoms with Crippen molar-refractivity contribution in [1.82, 2.24) is 0 Å². The Kier molecular flexibility index (Phi) is 3.08. The zero-order chi connectivity index (χ0) is 16.0. The van der Waals surface area contributed by atoms with Crippen LogP contribution in [0.25, 0.3) is 0 Å². The van der Waals surface area contributed by atoms with E-state index < -0.39 is 0 Å². The first-order valence-electron chi connectivity index (χ1n) is 7.60. The summed E-state index contributed by atoms with van der Waals surface area (Å²) in [6.45, 7) is 0.631. The third kappa shape index (κ3) is 2.08. The van der Waals surface area contributed by atoms with Gasteiger partial charge in [-0.05, 0) is 29.7 Å². The Balaban J connectivity index is 1.99. The van der Waals surface area contributed by atoms with E-state index in [0.717, 1.165) is 34.5 Å². The molecule has 2 aliphatic rings. The average molecular weight is 307 g/mol. The summed E-state index contributed by atoms with van der Waals surface area (Å²) in [5, 5.41) is 0. The van der Waals surface area contributed by atoms with Crippen LogP contribution in [0.3, 0.4) is 0 Å². The molecule has 0 aliphatic carbocycles. The topological polar surface area (TPSA) is 67.9 Å². The average Bonchev–Trinajstić information content (AvgIpc) is 2.98. The van der Waals surface area contributed by atoms with Crippen LogP contribution in [0.15, 0.2) is 47.5 Å². The molecular weight excluding hydrogens is 290 g/mol. The molecule has 0 aromatic heterocycles. The molecule has 1 atom stereocenters. The minimum atomic E-state index is -0.299. The van der Waals surface area contributed by atoms with Gasteiger partial charge in [-0.15, -0.1) is 0 Å². The number of carbonyl (C=O) groups excluding carboxylic acids is 1. The maximum absolute atomic E-state index is 12.5. The van der Waals surface area contributed by atoms with Crippen molar-refractivity contribution in [3.63, 3.8) is 0 Å². The van der Waals surface area contributed by atoms with Crippen molar-refractivity contribution in [2.45, 2.75) is 12.5 Å². The standard InChI is InChI=1S/C18H17N3O2/c1-23-13-9-12-7-8-21-16(12)14(10-13)15(20-17(19)18(21)22)11-5-3-2-4-6-11/h2-6,9-10,15H,7-8H2,1H3,(H2,19,20)/t15-/m0/s1. The van der Waals surface area contributed by atoms with Gasteiger partial charge in [0.15, 0.2) is 5.84 Å². The zero-order valence-corrected chi connectivity index (χ0v) is 12.8. The summed E-state index contributed by atoms with van der Waals surface area (Å²) in [5.74, 6) is 0.625. The third-order valence-electron chi connectivity index (χ3n) is 4.44. The summed E-state index contributed by atoms with van der Waals surface area (Å²) in [6, 6.07) is 13.6. The number of rotatable bonds is 2. The van der Waals surface area contributed by atoms with E-state index in [4.69, 9.17) is 10.5 Å². The van der Waals surface area contributed by atoms with E-state index in [1.54, 1.807) is 12.0 Å². The Morgan fingerprint density at radius 3 is 2.78 bits per heavy atom. The Labute approximate surface area is 134 Å². The predicted octanol–water partition coefficient (Wildman–Crippen LogP) is 2.04. The Morgan fingerprint density at radius 2 is 2.04 bits per heavy atom. The summed E-state index contributed by atoms with van der Waals surface area (Å²) in [4.78, 5) is 18.8. The van der Waals surface area contributed by atoms with Gasteiger partial charge in [-0.3, -0.25) is 9.79 Å². The van der Waals surface area contributed by atoms with Gasteiger partial charge in [-0.2, -0.15) is 0 Å². The number of ether oxygens (including phenoxy) is 1. The fraction of sp³-hybridized carbons (Fsp3) is 0.222. The molecule has 0 saturated heterocycles. The maximum Gasteiger partial charge on any atom is 0.293 e. The molecule has 5 heteroatoms. The molecule has 4 rings (SSSR count). The first kappa shape index (κ1) is 13.8. The van der Waals surface area contributed by atoms with Crippen molar-refractivity contribution in [3.05, 3.63) is 59.2 Å². The minimum absolute atomic E-state index is 0.0573. The SMILES string of the molecule is COc1cc2c3c(c1)[C@H](c1ccccc1)N=C(N)C(=O)N3CC2. The number of hydrogen-bond donors (Lipinski definition) is 1. The highest BCUT2D eigenvalue weighted by Gasteiger charge is 2.35. The lowest BCUT2D eigenvalue weighted by Crippen LogP contribution is -2.38. The molecule has 0 fully saturated rings. The second kappa shape index (κ2) is 5.12. The number of nitrogens with two attached hydrogens (primary N) is 1. The number of hydrogen-bond acceptors (Lipinski definition) is 4. The van der Waals surface area contributed by atoms with Gasteiger partial charge >= 0.3 is 0 Å². The van der Waals surface area contributed by atoms with E-state index in [1.165, 1.54) is 0 Å². The number of amides is 1. The smallest absolute Gasteiger partial charge is 0.293 e. The van der Waals surface area contributed by atoms with Gasteiger partial charge in [0.05, 0.1) is 12.8 Å². The molecule has 116 valence electrons. The van der Waals surface area contributed by atoms with Gasteiger partial charge in [0.25, 0.3) is 5.91 Å². The summed E-state index contributed by atoms with van der Waals surface area (Å²) in [5.41, 5.74) is 10.00. The minimum Gasteiger partial charge on any atom is -0.497 e. The Bertz CT molecular complexity index is 815. The van der Waals surface area contributed by atoms with E-state index in [2.05, 4.69) is 4.99 Å². The molecule has 0 spiro atoms. The van der Waals surface area contributed by atoms with Crippen LogP contribution in [0.5, 0.6) is 5.75 Å². The van der Waals surface area contributed by atoms with E-state index in [0.29, 0.717) is 6.54 Å². The molecule has 2 aromatic rings. The molecule has 23 heavy (non-hydrogen) atoms. The number of aliphatic imine (C=N–C) groups is 1. The van der Waals surface area contributed by atoms with Crippen LogP contribution in [0.4, 0.5) is 5.69 Å². The molecule has 0 radical (unpaired) electrons. The molecule has 0 saturated carbocycles. The van der Waals surface area contributed by atoms with Crippen LogP contribution in [-0.2, 0) is 11.2 Å². The van der Waals surface area contributed by atoms with Gasteiger partial charge in [-0.1, -0.05) is 30.3 Å². The maximum atomic E-state index is 12.5. The zero-order valence-electron chi connectivity index (χ0n) is 12.8. The Hall–Kier alpha value is -2.82. The van der Waals surface area contributed by atoms with Crippen molar-refractivity contribution in [3.8, 4) is 5.75 Å². The highest BCUT2D eigenvalue weighted by molar-refractivity contribution is 6.43. The first-order chi connectivity index (χ1) is 11.2. The van der Waals surface area contributed by atoms with Gasteiger partial charge in [0.2, 0.25) is 0 Å². The van der Waals surface area contributed by atoms with Crippen LogP contribution in [0.1, 0.15) is 22.7 Å². The number of nitrogens with zero attached hydrogens (tertiary/aromatic N) is 2. The molecule has 5 nitrogen and oxygen atoms in total. The van der Waals surface area contributed by atoms with Crippen LogP contribution in [0, 0.1) is 0 Å². The van der Waals surface area contributed by atoms with E-state index in [-0.39, 0.29) is 17.8 Å². The predicted molar refractivity (Wildman–Crippen MR) is 89.0 cm³/mol. The van der Waals surface area contributed by atoms with Crippen LogP contribution < -0.4 is 15.4 Å². The van der Waals surface area contributed by atoms with Crippen LogP contribution >= 0.6 is 0 Å². The van der Waals surface area contributed by atoms with E-state index in [1.807, 2.05) is 42.5 Å². The third-order valence-corrected chi connectivity index (χ3v) is 4.44. The van der Waals surface area contributed by atoms with E-state index in [9.17, 15) is 4.79 Å². The second-order valence-electron chi connectivity index (χ2n) is 5.76. The van der Waals surface area contributed by atoms with Crippen LogP contribution in [0.2, 0.25) is 0 Å². The van der Waals surface area contributed by atoms with Gasteiger partial charge in [0, 0.05) is 12.1 Å². The fourth-order valence-electron chi connectivity index (χ4n) is 3.37. The molecule has 1 amide bonds. The largest absolute Gasteiger partial charge is 0.497 e. The summed E-state index contributed by atoms with van der Waals surface area (Å²) in [7, 11) is 1.65. The lowest BCUT2D eigenvalue weighted by atomic mass is 9.95. The highest BCUT2D eigenvalue weighted by atomic mass is 16.5. The second-order valence-corrected chi connectivity index (χ2v) is 5.76. The molecule has 2 aromatic carbocycles. The van der Waals surface area contributed by atoms with Crippen molar-refractivity contribution in [2.24, 2.45) is 10.7 Å². The van der Waals surface area contributed by atoms with Crippen molar-refractivity contribution in [1.29, 1.82) is 0 Å². The van der Waals surface area contributed by atoms with Gasteiger partial charge < -0.3 is 15.4 Å². The number of anilines is 1. The van der Waals surface area contributed by atoms with Crippen molar-refractivity contribution >= 4 is 17.4 Å². The quantitative estimate of drug-likeness (QED) is 0.923. The number of benzene rings is 2. The lowest BCUT2D eigenvalue weighted by Gasteiger charge is -2.20. The normalized spacial score (nSPS) is 19.2. The molecule has 2 N–H and O–H groups in total. The number of methoxy groups -OCH3 is 1. The summed E-state index contributed by atoms with van der Waals surface area (Å²) >= 11 is 0. The molecule has 2 aliphatic heterocycles. The lowest BCUT2D eigenvalue weighted by molar-refractivity contribution is -0.112. The van der Waals surface area contributed by atoms with Crippen molar-refractivity contribution < 1.29 is 9.53 Å². The first-order valence-corrected chi connectivity index (χ1v) is 7.60. The van der Waals surface area contributed by atoms with Crippen molar-refractivity contribution in [2.75, 3.05) is 18.6 Å². The number of carbonyl (C=O) groups is 1.